The van der Waals surface area contributed by atoms with Crippen LogP contribution in [-0.4, -0.2) is 11.9 Å². The summed E-state index contributed by atoms with van der Waals surface area (Å²) in [6.45, 7) is 0. The second-order valence-electron chi connectivity index (χ2n) is 6.75. The topological polar surface area (TPSA) is 29.1 Å². The highest BCUT2D eigenvalue weighted by atomic mass is 19.4. The fraction of sp³-hybridized carbons (Fsp3) is 0.350. The van der Waals surface area contributed by atoms with E-state index in [1.807, 2.05) is 0 Å². The summed E-state index contributed by atoms with van der Waals surface area (Å²) in [5, 5.41) is 2.53. The molecule has 2 atom stereocenters. The van der Waals surface area contributed by atoms with Crippen molar-refractivity contribution < 1.29 is 31.1 Å². The van der Waals surface area contributed by atoms with Crippen molar-refractivity contribution in [1.29, 1.82) is 0 Å². The number of hydrogen-bond acceptors (Lipinski definition) is 1. The fourth-order valence-electron chi connectivity index (χ4n) is 3.76. The number of nitrogens with one attached hydrogen (secondary N) is 1. The van der Waals surface area contributed by atoms with Gasteiger partial charge < -0.3 is 5.32 Å². The predicted molar refractivity (Wildman–Crippen MR) is 90.7 cm³/mol. The van der Waals surface area contributed by atoms with Gasteiger partial charge in [-0.15, -0.1) is 0 Å². The van der Waals surface area contributed by atoms with Crippen LogP contribution in [0.25, 0.3) is 0 Å². The molecule has 1 N–H and O–H groups in total. The van der Waals surface area contributed by atoms with Crippen LogP contribution < -0.4 is 5.32 Å². The molecule has 1 aliphatic rings. The Kier molecular flexibility index (Phi) is 5.41. The Labute approximate surface area is 157 Å². The van der Waals surface area contributed by atoms with Gasteiger partial charge in [-0.05, 0) is 36.6 Å². The Balaban J connectivity index is 1.88. The molecule has 0 radical (unpaired) electrons. The van der Waals surface area contributed by atoms with E-state index >= 15 is 0 Å². The van der Waals surface area contributed by atoms with Gasteiger partial charge in [0.1, 0.15) is 0 Å². The minimum Gasteiger partial charge on any atom is -0.349 e. The molecule has 0 unspecified atom stereocenters. The quantitative estimate of drug-likeness (QED) is 0.648. The summed E-state index contributed by atoms with van der Waals surface area (Å²) in [7, 11) is 0. The maximum Gasteiger partial charge on any atom is 0.417 e. The molecule has 0 heterocycles. The van der Waals surface area contributed by atoms with Crippen LogP contribution in [0.4, 0.5) is 26.3 Å². The van der Waals surface area contributed by atoms with Crippen molar-refractivity contribution in [3.05, 3.63) is 70.8 Å². The van der Waals surface area contributed by atoms with Crippen LogP contribution in [0.2, 0.25) is 0 Å². The van der Waals surface area contributed by atoms with Gasteiger partial charge in [0, 0.05) is 12.0 Å². The number of amides is 1. The third kappa shape index (κ3) is 4.15. The average molecular weight is 401 g/mol. The molecule has 150 valence electrons. The van der Waals surface area contributed by atoms with Crippen LogP contribution in [0.1, 0.15) is 52.2 Å². The van der Waals surface area contributed by atoms with Crippen LogP contribution >= 0.6 is 0 Å². The first-order chi connectivity index (χ1) is 13.1. The lowest BCUT2D eigenvalue weighted by Gasteiger charge is -2.25. The molecule has 2 aromatic carbocycles. The Morgan fingerprint density at radius 3 is 2.04 bits per heavy atom. The summed E-state index contributed by atoms with van der Waals surface area (Å²) in [5.41, 5.74) is -2.33. The zero-order valence-electron chi connectivity index (χ0n) is 14.6. The number of halogens is 6. The monoisotopic (exact) mass is 401 g/mol. The molecular formula is C20H17F6NO. The van der Waals surface area contributed by atoms with Gasteiger partial charge in [-0.3, -0.25) is 4.79 Å². The zero-order valence-corrected chi connectivity index (χ0v) is 14.6. The van der Waals surface area contributed by atoms with E-state index in [-0.39, 0.29) is 5.56 Å². The summed E-state index contributed by atoms with van der Waals surface area (Å²) in [5.74, 6) is -1.55. The van der Waals surface area contributed by atoms with E-state index in [1.165, 1.54) is 30.3 Å². The van der Waals surface area contributed by atoms with Crippen molar-refractivity contribution in [3.8, 4) is 0 Å². The first kappa shape index (κ1) is 20.2. The molecule has 1 fully saturated rings. The highest BCUT2D eigenvalue weighted by molar-refractivity contribution is 5.96. The molecule has 0 aliphatic heterocycles. The lowest BCUT2D eigenvalue weighted by Crippen LogP contribution is -2.37. The first-order valence-corrected chi connectivity index (χ1v) is 8.72. The molecular weight excluding hydrogens is 384 g/mol. The van der Waals surface area contributed by atoms with E-state index < -0.39 is 46.9 Å². The summed E-state index contributed by atoms with van der Waals surface area (Å²) in [6, 6.07) is 8.80. The van der Waals surface area contributed by atoms with E-state index in [2.05, 4.69) is 5.32 Å². The molecule has 3 rings (SSSR count). The maximum absolute atomic E-state index is 13.3. The molecule has 0 saturated heterocycles. The third-order valence-electron chi connectivity index (χ3n) is 4.98. The molecule has 0 spiro atoms. The Bertz CT molecular complexity index is 858. The van der Waals surface area contributed by atoms with Gasteiger partial charge in [-0.25, -0.2) is 0 Å². The first-order valence-electron chi connectivity index (χ1n) is 8.72. The van der Waals surface area contributed by atoms with Crippen LogP contribution in [0, 0.1) is 0 Å². The standard InChI is InChI=1S/C20H17F6NO/c21-19(22,23)15-9-3-1-6-12(15)13-8-5-11-17(13)27-18(28)14-7-2-4-10-16(14)20(24,25)26/h1-4,6-7,9-10,13,17H,5,8,11H2,(H,27,28)/t13-,17+/m1/s1. The van der Waals surface area contributed by atoms with E-state index in [9.17, 15) is 31.1 Å². The largest absolute Gasteiger partial charge is 0.417 e. The highest BCUT2D eigenvalue weighted by Gasteiger charge is 2.40. The van der Waals surface area contributed by atoms with Crippen molar-refractivity contribution in [2.45, 2.75) is 43.6 Å². The lowest BCUT2D eigenvalue weighted by atomic mass is 9.89. The smallest absolute Gasteiger partial charge is 0.349 e. The minimum atomic E-state index is -4.70. The van der Waals surface area contributed by atoms with E-state index in [4.69, 9.17) is 0 Å². The van der Waals surface area contributed by atoms with Gasteiger partial charge in [0.05, 0.1) is 16.7 Å². The molecule has 0 bridgehead atoms. The summed E-state index contributed by atoms with van der Waals surface area (Å²) in [4.78, 5) is 12.5. The summed E-state index contributed by atoms with van der Waals surface area (Å²) >= 11 is 0. The normalized spacial score (nSPS) is 20.2. The lowest BCUT2D eigenvalue weighted by molar-refractivity contribution is -0.139. The van der Waals surface area contributed by atoms with Crippen molar-refractivity contribution in [2.75, 3.05) is 0 Å². The zero-order chi connectivity index (χ0) is 20.5. The van der Waals surface area contributed by atoms with Gasteiger partial charge in [0.15, 0.2) is 0 Å². The predicted octanol–water partition coefficient (Wildman–Crippen LogP) is 5.79. The molecule has 28 heavy (non-hydrogen) atoms. The fourth-order valence-corrected chi connectivity index (χ4v) is 3.76. The molecule has 2 aromatic rings. The van der Waals surface area contributed by atoms with Gasteiger partial charge in [0.25, 0.3) is 5.91 Å². The van der Waals surface area contributed by atoms with Gasteiger partial charge in [-0.1, -0.05) is 36.8 Å². The molecule has 0 aromatic heterocycles. The molecule has 8 heteroatoms. The third-order valence-corrected chi connectivity index (χ3v) is 4.98. The van der Waals surface area contributed by atoms with Gasteiger partial charge >= 0.3 is 12.4 Å². The van der Waals surface area contributed by atoms with Crippen LogP contribution in [0.15, 0.2) is 48.5 Å². The number of alkyl halides is 6. The Hall–Kier alpha value is -2.51. The Morgan fingerprint density at radius 2 is 1.39 bits per heavy atom. The maximum atomic E-state index is 13.3. The Morgan fingerprint density at radius 1 is 0.821 bits per heavy atom. The second kappa shape index (κ2) is 7.48. The van der Waals surface area contributed by atoms with Crippen molar-refractivity contribution >= 4 is 5.91 Å². The average Bonchev–Trinajstić information content (AvgIpc) is 3.08. The highest BCUT2D eigenvalue weighted by Crippen LogP contribution is 2.42. The molecule has 1 aliphatic carbocycles. The van der Waals surface area contributed by atoms with E-state index in [0.717, 1.165) is 18.2 Å². The number of carbonyl (C=O) groups is 1. The van der Waals surface area contributed by atoms with Crippen molar-refractivity contribution in [1.82, 2.24) is 5.32 Å². The van der Waals surface area contributed by atoms with E-state index in [0.29, 0.717) is 19.3 Å². The molecule has 1 amide bonds. The van der Waals surface area contributed by atoms with Gasteiger partial charge in [-0.2, -0.15) is 26.3 Å². The second-order valence-corrected chi connectivity index (χ2v) is 6.75. The number of rotatable bonds is 3. The van der Waals surface area contributed by atoms with Crippen LogP contribution in [-0.2, 0) is 12.4 Å². The molecule has 2 nitrogen and oxygen atoms in total. The van der Waals surface area contributed by atoms with Crippen LogP contribution in [0.3, 0.4) is 0 Å². The minimum absolute atomic E-state index is 0.0573. The number of hydrogen-bond donors (Lipinski definition) is 1. The number of benzene rings is 2. The summed E-state index contributed by atoms with van der Waals surface area (Å²) < 4.78 is 79.4. The van der Waals surface area contributed by atoms with Crippen molar-refractivity contribution in [2.24, 2.45) is 0 Å². The van der Waals surface area contributed by atoms with Crippen LogP contribution in [0.5, 0.6) is 0 Å². The SMILES string of the molecule is O=C(N[C@H]1CCC[C@@H]1c1ccccc1C(F)(F)F)c1ccccc1C(F)(F)F. The van der Waals surface area contributed by atoms with Gasteiger partial charge in [0.2, 0.25) is 0 Å². The van der Waals surface area contributed by atoms with E-state index in [1.54, 1.807) is 0 Å². The van der Waals surface area contributed by atoms with Crippen molar-refractivity contribution in [3.63, 3.8) is 0 Å². The summed E-state index contributed by atoms with van der Waals surface area (Å²) in [6.07, 6.45) is -7.86. The molecule has 1 saturated carbocycles. The number of carbonyl (C=O) groups excluding carboxylic acids is 1.